The van der Waals surface area contributed by atoms with Gasteiger partial charge in [-0.1, -0.05) is 11.8 Å². The number of nitrogens with one attached hydrogen (secondary N) is 1. The van der Waals surface area contributed by atoms with Gasteiger partial charge in [0, 0.05) is 18.1 Å². The molecule has 0 fully saturated rings. The Morgan fingerprint density at radius 1 is 1.45 bits per heavy atom. The summed E-state index contributed by atoms with van der Waals surface area (Å²) in [5.74, 6) is 0.637. The summed E-state index contributed by atoms with van der Waals surface area (Å²) in [4.78, 5) is 19.9. The number of carbonyl (C=O) groups excluding carboxylic acids is 1. The number of nitrogens with zero attached hydrogens (tertiary/aromatic N) is 2. The maximum Gasteiger partial charge on any atom is 0.234 e. The highest BCUT2D eigenvalue weighted by molar-refractivity contribution is 7.99. The maximum atomic E-state index is 11.9. The minimum Gasteiger partial charge on any atom is -0.495 e. The molecule has 1 aromatic heterocycles. The number of benzene rings is 1. The molecule has 0 saturated carbocycles. The number of anilines is 2. The first-order valence-electron chi connectivity index (χ1n) is 5.81. The van der Waals surface area contributed by atoms with E-state index in [0.29, 0.717) is 22.2 Å². The molecular formula is C13H14N4O2S. The Labute approximate surface area is 120 Å². The van der Waals surface area contributed by atoms with Crippen LogP contribution in [-0.4, -0.2) is 28.7 Å². The SMILES string of the molecule is COc1ccc(N)cc1NC(=O)CSc1cnccn1. The molecule has 2 rings (SSSR count). The van der Waals surface area contributed by atoms with Crippen LogP contribution in [0.15, 0.2) is 41.8 Å². The topological polar surface area (TPSA) is 90.1 Å². The van der Waals surface area contributed by atoms with Gasteiger partial charge in [0.25, 0.3) is 0 Å². The lowest BCUT2D eigenvalue weighted by molar-refractivity contribution is -0.113. The molecule has 1 aromatic carbocycles. The Balaban J connectivity index is 1.96. The number of hydrogen-bond acceptors (Lipinski definition) is 6. The monoisotopic (exact) mass is 290 g/mol. The van der Waals surface area contributed by atoms with Gasteiger partial charge in [0.15, 0.2) is 0 Å². The van der Waals surface area contributed by atoms with Crippen LogP contribution in [0, 0.1) is 0 Å². The second kappa shape index (κ2) is 6.76. The van der Waals surface area contributed by atoms with Crippen molar-refractivity contribution < 1.29 is 9.53 Å². The van der Waals surface area contributed by atoms with Gasteiger partial charge in [-0.05, 0) is 18.2 Å². The number of hydrogen-bond donors (Lipinski definition) is 2. The number of nitrogen functional groups attached to an aromatic ring is 1. The van der Waals surface area contributed by atoms with Crippen LogP contribution < -0.4 is 15.8 Å². The van der Waals surface area contributed by atoms with E-state index in [2.05, 4.69) is 15.3 Å². The molecule has 0 bridgehead atoms. The molecule has 0 aliphatic rings. The molecule has 7 heteroatoms. The third kappa shape index (κ3) is 3.86. The van der Waals surface area contributed by atoms with E-state index in [4.69, 9.17) is 10.5 Å². The van der Waals surface area contributed by atoms with Crippen molar-refractivity contribution in [3.05, 3.63) is 36.8 Å². The number of ether oxygens (including phenoxy) is 1. The number of methoxy groups -OCH3 is 1. The summed E-state index contributed by atoms with van der Waals surface area (Å²) in [5.41, 5.74) is 6.80. The van der Waals surface area contributed by atoms with Crippen LogP contribution in [0.1, 0.15) is 0 Å². The van der Waals surface area contributed by atoms with Crippen molar-refractivity contribution in [2.24, 2.45) is 0 Å². The van der Waals surface area contributed by atoms with E-state index in [1.54, 1.807) is 36.8 Å². The fourth-order valence-corrected chi connectivity index (χ4v) is 2.13. The summed E-state index contributed by atoms with van der Waals surface area (Å²) < 4.78 is 5.16. The molecule has 2 aromatic rings. The van der Waals surface area contributed by atoms with Crippen LogP contribution in [0.3, 0.4) is 0 Å². The Morgan fingerprint density at radius 3 is 3.00 bits per heavy atom. The van der Waals surface area contributed by atoms with Gasteiger partial charge < -0.3 is 15.8 Å². The van der Waals surface area contributed by atoms with E-state index < -0.39 is 0 Å². The van der Waals surface area contributed by atoms with Gasteiger partial charge in [0.1, 0.15) is 10.8 Å². The van der Waals surface area contributed by atoms with Crippen molar-refractivity contribution >= 4 is 29.0 Å². The van der Waals surface area contributed by atoms with E-state index in [-0.39, 0.29) is 11.7 Å². The van der Waals surface area contributed by atoms with Gasteiger partial charge in [-0.2, -0.15) is 0 Å². The molecule has 0 spiro atoms. The van der Waals surface area contributed by atoms with Crippen LogP contribution in [0.5, 0.6) is 5.75 Å². The third-order valence-electron chi connectivity index (χ3n) is 2.39. The summed E-state index contributed by atoms with van der Waals surface area (Å²) in [6.07, 6.45) is 4.78. The summed E-state index contributed by atoms with van der Waals surface area (Å²) in [5, 5.41) is 3.46. The second-order valence-corrected chi connectivity index (χ2v) is 4.84. The summed E-state index contributed by atoms with van der Waals surface area (Å²) in [7, 11) is 1.54. The van der Waals surface area contributed by atoms with E-state index in [1.165, 1.54) is 18.9 Å². The number of carbonyl (C=O) groups is 1. The number of rotatable bonds is 5. The normalized spacial score (nSPS) is 10.1. The number of nitrogens with two attached hydrogens (primary N) is 1. The number of thioether (sulfide) groups is 1. The van der Waals surface area contributed by atoms with E-state index in [1.807, 2.05) is 0 Å². The number of amides is 1. The largest absolute Gasteiger partial charge is 0.495 e. The fraction of sp³-hybridized carbons (Fsp3) is 0.154. The van der Waals surface area contributed by atoms with Crippen LogP contribution in [0.25, 0.3) is 0 Å². The maximum absolute atomic E-state index is 11.9. The average Bonchev–Trinajstić information content (AvgIpc) is 2.46. The van der Waals surface area contributed by atoms with Gasteiger partial charge >= 0.3 is 0 Å². The highest BCUT2D eigenvalue weighted by atomic mass is 32.2. The first-order chi connectivity index (χ1) is 9.69. The average molecular weight is 290 g/mol. The second-order valence-electron chi connectivity index (χ2n) is 3.84. The summed E-state index contributed by atoms with van der Waals surface area (Å²) in [6.45, 7) is 0. The molecule has 0 aliphatic heterocycles. The molecule has 0 aliphatic carbocycles. The van der Waals surface area contributed by atoms with Crippen LogP contribution in [-0.2, 0) is 4.79 Å². The summed E-state index contributed by atoms with van der Waals surface area (Å²) in [6, 6.07) is 5.08. The van der Waals surface area contributed by atoms with Gasteiger partial charge in [-0.25, -0.2) is 4.98 Å². The van der Waals surface area contributed by atoms with Gasteiger partial charge in [-0.15, -0.1) is 0 Å². The fourth-order valence-electron chi connectivity index (χ4n) is 1.51. The zero-order valence-electron chi connectivity index (χ0n) is 10.9. The summed E-state index contributed by atoms with van der Waals surface area (Å²) >= 11 is 1.31. The van der Waals surface area contributed by atoms with Crippen molar-refractivity contribution in [3.8, 4) is 5.75 Å². The van der Waals surface area contributed by atoms with Crippen molar-refractivity contribution in [3.63, 3.8) is 0 Å². The number of aromatic nitrogens is 2. The zero-order chi connectivity index (χ0) is 14.4. The molecule has 0 unspecified atom stereocenters. The standard InChI is InChI=1S/C13H14N4O2S/c1-19-11-3-2-9(14)6-10(11)17-12(18)8-20-13-7-15-4-5-16-13/h2-7H,8,14H2,1H3,(H,17,18). The van der Waals surface area contributed by atoms with E-state index >= 15 is 0 Å². The highest BCUT2D eigenvalue weighted by Crippen LogP contribution is 2.26. The lowest BCUT2D eigenvalue weighted by Gasteiger charge is -2.10. The van der Waals surface area contributed by atoms with Crippen LogP contribution >= 0.6 is 11.8 Å². The zero-order valence-corrected chi connectivity index (χ0v) is 11.7. The Hall–Kier alpha value is -2.28. The Bertz CT molecular complexity index is 592. The first-order valence-corrected chi connectivity index (χ1v) is 6.80. The molecule has 6 nitrogen and oxygen atoms in total. The Kier molecular flexibility index (Phi) is 4.78. The smallest absolute Gasteiger partial charge is 0.234 e. The molecule has 20 heavy (non-hydrogen) atoms. The lowest BCUT2D eigenvalue weighted by Crippen LogP contribution is -2.15. The van der Waals surface area contributed by atoms with Gasteiger partial charge in [0.2, 0.25) is 5.91 Å². The molecule has 1 amide bonds. The van der Waals surface area contributed by atoms with Crippen molar-refractivity contribution in [1.29, 1.82) is 0 Å². The van der Waals surface area contributed by atoms with Gasteiger partial charge in [-0.3, -0.25) is 9.78 Å². The van der Waals surface area contributed by atoms with Crippen molar-refractivity contribution in [1.82, 2.24) is 9.97 Å². The molecule has 0 radical (unpaired) electrons. The lowest BCUT2D eigenvalue weighted by atomic mass is 10.2. The van der Waals surface area contributed by atoms with Gasteiger partial charge in [0.05, 0.1) is 24.7 Å². The highest BCUT2D eigenvalue weighted by Gasteiger charge is 2.09. The first kappa shape index (κ1) is 14.1. The minimum absolute atomic E-state index is 0.162. The van der Waals surface area contributed by atoms with Crippen LogP contribution in [0.4, 0.5) is 11.4 Å². The predicted molar refractivity (Wildman–Crippen MR) is 78.8 cm³/mol. The van der Waals surface area contributed by atoms with Crippen molar-refractivity contribution in [2.45, 2.75) is 5.03 Å². The van der Waals surface area contributed by atoms with Crippen LogP contribution in [0.2, 0.25) is 0 Å². The van der Waals surface area contributed by atoms with E-state index in [0.717, 1.165) is 0 Å². The molecule has 0 saturated heterocycles. The molecule has 0 atom stereocenters. The van der Waals surface area contributed by atoms with E-state index in [9.17, 15) is 4.79 Å². The molecular weight excluding hydrogens is 276 g/mol. The predicted octanol–water partition coefficient (Wildman–Crippen LogP) is 1.80. The quantitative estimate of drug-likeness (QED) is 0.644. The molecule has 3 N–H and O–H groups in total. The van der Waals surface area contributed by atoms with Crippen molar-refractivity contribution in [2.75, 3.05) is 23.9 Å². The third-order valence-corrected chi connectivity index (χ3v) is 3.30. The molecule has 1 heterocycles. The minimum atomic E-state index is -0.162. The Morgan fingerprint density at radius 2 is 2.30 bits per heavy atom. The molecule has 104 valence electrons.